The van der Waals surface area contributed by atoms with Crippen LogP contribution in [0.3, 0.4) is 0 Å². The molecule has 0 aliphatic carbocycles. The van der Waals surface area contributed by atoms with E-state index in [0.717, 1.165) is 13.7 Å². The van der Waals surface area contributed by atoms with Gasteiger partial charge in [-0.1, -0.05) is 6.42 Å². The lowest BCUT2D eigenvalue weighted by molar-refractivity contribution is -0.116. The summed E-state index contributed by atoms with van der Waals surface area (Å²) in [5.74, 6) is -0.380. The summed E-state index contributed by atoms with van der Waals surface area (Å²) in [5.41, 5.74) is 9.72. The van der Waals surface area contributed by atoms with Gasteiger partial charge in [-0.2, -0.15) is 0 Å². The number of anilines is 3. The zero-order valence-electron chi connectivity index (χ0n) is 17.5. The number of nitrogens with two attached hydrogens (primary N) is 2. The van der Waals surface area contributed by atoms with Crippen molar-refractivity contribution in [1.29, 1.82) is 0 Å². The van der Waals surface area contributed by atoms with Gasteiger partial charge in [0.2, 0.25) is 5.91 Å². The standard InChI is InChI=1S/C18H27N7O5/c1-22-13(19)10(15(27)24(3)17(22)29)8-6-5-7-9-11(26)21-12-14(20)23(2)18(30)25(4)16(12)28/h5-9,19-20H2,1-4H3,(H,21,26). The Balaban J connectivity index is 1.95. The van der Waals surface area contributed by atoms with E-state index in [1.807, 2.05) is 0 Å². The summed E-state index contributed by atoms with van der Waals surface area (Å²) >= 11 is 0. The van der Waals surface area contributed by atoms with E-state index in [0.29, 0.717) is 31.2 Å². The first kappa shape index (κ1) is 22.7. The Labute approximate surface area is 171 Å². The van der Waals surface area contributed by atoms with Crippen molar-refractivity contribution in [1.82, 2.24) is 18.3 Å². The largest absolute Gasteiger partial charge is 0.385 e. The number of nitrogens with zero attached hydrogens (tertiary/aromatic N) is 4. The number of aromatic nitrogens is 4. The fraction of sp³-hybridized carbons (Fsp3) is 0.500. The van der Waals surface area contributed by atoms with Gasteiger partial charge in [-0.05, 0) is 19.3 Å². The van der Waals surface area contributed by atoms with Gasteiger partial charge >= 0.3 is 11.4 Å². The van der Waals surface area contributed by atoms with Crippen LogP contribution in [0.15, 0.2) is 19.2 Å². The van der Waals surface area contributed by atoms with Crippen LogP contribution in [-0.2, 0) is 39.4 Å². The second kappa shape index (κ2) is 8.84. The molecule has 0 radical (unpaired) electrons. The number of amides is 1. The average Bonchev–Trinajstić information content (AvgIpc) is 2.73. The van der Waals surface area contributed by atoms with Gasteiger partial charge in [-0.3, -0.25) is 32.7 Å². The van der Waals surface area contributed by atoms with Gasteiger partial charge in [0.05, 0.1) is 5.56 Å². The highest BCUT2D eigenvalue weighted by Gasteiger charge is 2.16. The molecule has 12 heteroatoms. The lowest BCUT2D eigenvalue weighted by Gasteiger charge is -2.12. The predicted octanol–water partition coefficient (Wildman–Crippen LogP) is -1.61. The predicted molar refractivity (Wildman–Crippen MR) is 113 cm³/mol. The smallest absolute Gasteiger partial charge is 0.332 e. The molecule has 2 rings (SSSR count). The number of carbonyl (C=O) groups is 1. The topological polar surface area (TPSA) is 169 Å². The number of nitrogen functional groups attached to an aromatic ring is 2. The zero-order valence-corrected chi connectivity index (χ0v) is 17.5. The lowest BCUT2D eigenvalue weighted by Crippen LogP contribution is -2.40. The average molecular weight is 421 g/mol. The molecule has 164 valence electrons. The van der Waals surface area contributed by atoms with Crippen LogP contribution in [0.25, 0.3) is 0 Å². The second-order valence-corrected chi connectivity index (χ2v) is 7.14. The van der Waals surface area contributed by atoms with E-state index in [2.05, 4.69) is 5.32 Å². The van der Waals surface area contributed by atoms with Crippen LogP contribution >= 0.6 is 0 Å². The Morgan fingerprint density at radius 2 is 1.30 bits per heavy atom. The summed E-state index contributed by atoms with van der Waals surface area (Å²) in [6.45, 7) is 0. The van der Waals surface area contributed by atoms with Gasteiger partial charge in [0.1, 0.15) is 17.3 Å². The monoisotopic (exact) mass is 421 g/mol. The Morgan fingerprint density at radius 3 is 1.90 bits per heavy atom. The quantitative estimate of drug-likeness (QED) is 0.452. The maximum absolute atomic E-state index is 12.2. The molecule has 0 aliphatic heterocycles. The van der Waals surface area contributed by atoms with Crippen molar-refractivity contribution in [2.75, 3.05) is 16.8 Å². The first-order valence-corrected chi connectivity index (χ1v) is 9.38. The first-order valence-electron chi connectivity index (χ1n) is 9.38. The number of nitrogens with one attached hydrogen (secondary N) is 1. The number of unbranched alkanes of at least 4 members (excludes halogenated alkanes) is 2. The van der Waals surface area contributed by atoms with Crippen LogP contribution < -0.4 is 39.3 Å². The van der Waals surface area contributed by atoms with Crippen LogP contribution in [-0.4, -0.2) is 24.2 Å². The maximum Gasteiger partial charge on any atom is 0.332 e. The van der Waals surface area contributed by atoms with Crippen LogP contribution in [0.1, 0.15) is 31.2 Å². The molecule has 0 saturated heterocycles. The number of hydrogen-bond donors (Lipinski definition) is 3. The third kappa shape index (κ3) is 4.21. The zero-order chi connectivity index (χ0) is 22.7. The van der Waals surface area contributed by atoms with Crippen molar-refractivity contribution in [2.24, 2.45) is 28.2 Å². The fourth-order valence-corrected chi connectivity index (χ4v) is 3.11. The van der Waals surface area contributed by atoms with Gasteiger partial charge in [-0.15, -0.1) is 0 Å². The van der Waals surface area contributed by atoms with Crippen molar-refractivity contribution >= 4 is 23.2 Å². The minimum absolute atomic E-state index is 0.113. The molecular weight excluding hydrogens is 394 g/mol. The fourth-order valence-electron chi connectivity index (χ4n) is 3.11. The summed E-state index contributed by atoms with van der Waals surface area (Å²) in [6.07, 6.45) is 2.23. The van der Waals surface area contributed by atoms with E-state index in [-0.39, 0.29) is 23.7 Å². The minimum Gasteiger partial charge on any atom is -0.385 e. The van der Waals surface area contributed by atoms with Gasteiger partial charge in [0.15, 0.2) is 0 Å². The highest BCUT2D eigenvalue weighted by molar-refractivity contribution is 5.92. The molecule has 12 nitrogen and oxygen atoms in total. The molecule has 0 atom stereocenters. The van der Waals surface area contributed by atoms with Crippen molar-refractivity contribution in [3.8, 4) is 0 Å². The van der Waals surface area contributed by atoms with E-state index in [4.69, 9.17) is 11.5 Å². The number of rotatable bonds is 7. The Morgan fingerprint density at radius 1 is 0.767 bits per heavy atom. The molecule has 0 unspecified atom stereocenters. The first-order chi connectivity index (χ1) is 14.0. The molecule has 2 heterocycles. The van der Waals surface area contributed by atoms with Gasteiger partial charge in [-0.25, -0.2) is 9.59 Å². The van der Waals surface area contributed by atoms with E-state index < -0.39 is 28.4 Å². The summed E-state index contributed by atoms with van der Waals surface area (Å²) in [5, 5.41) is 2.47. The van der Waals surface area contributed by atoms with Gasteiger partial charge in [0.25, 0.3) is 11.1 Å². The highest BCUT2D eigenvalue weighted by Crippen LogP contribution is 2.12. The highest BCUT2D eigenvalue weighted by atomic mass is 16.2. The Hall–Kier alpha value is -3.57. The van der Waals surface area contributed by atoms with E-state index in [1.54, 1.807) is 0 Å². The molecule has 2 aromatic heterocycles. The molecule has 0 spiro atoms. The summed E-state index contributed by atoms with van der Waals surface area (Å²) in [6, 6.07) is 0. The molecule has 0 aromatic carbocycles. The van der Waals surface area contributed by atoms with Crippen molar-refractivity contribution < 1.29 is 4.79 Å². The van der Waals surface area contributed by atoms with Crippen molar-refractivity contribution in [2.45, 2.75) is 32.1 Å². The lowest BCUT2D eigenvalue weighted by atomic mass is 10.1. The van der Waals surface area contributed by atoms with Crippen molar-refractivity contribution in [3.63, 3.8) is 0 Å². The third-order valence-corrected chi connectivity index (χ3v) is 5.11. The normalized spacial score (nSPS) is 10.9. The molecular formula is C18H27N7O5. The summed E-state index contributed by atoms with van der Waals surface area (Å²) in [4.78, 5) is 60.2. The summed E-state index contributed by atoms with van der Waals surface area (Å²) in [7, 11) is 5.60. The Bertz CT molecular complexity index is 1220. The van der Waals surface area contributed by atoms with E-state index >= 15 is 0 Å². The van der Waals surface area contributed by atoms with Crippen LogP contribution in [0, 0.1) is 0 Å². The number of carbonyl (C=O) groups excluding carboxylic acids is 1. The third-order valence-electron chi connectivity index (χ3n) is 5.11. The molecule has 0 aliphatic rings. The SMILES string of the molecule is Cn1c(N)c(CCCCCC(=O)Nc2c(N)n(C)c(=O)n(C)c2=O)c(=O)n(C)c1=O. The maximum atomic E-state index is 12.2. The van der Waals surface area contributed by atoms with E-state index in [1.165, 1.54) is 32.8 Å². The van der Waals surface area contributed by atoms with Crippen LogP contribution in [0.2, 0.25) is 0 Å². The van der Waals surface area contributed by atoms with Gasteiger partial charge in [0, 0.05) is 34.6 Å². The molecule has 30 heavy (non-hydrogen) atoms. The van der Waals surface area contributed by atoms with Gasteiger partial charge < -0.3 is 16.8 Å². The summed E-state index contributed by atoms with van der Waals surface area (Å²) < 4.78 is 4.18. The van der Waals surface area contributed by atoms with Crippen LogP contribution in [0.5, 0.6) is 0 Å². The molecule has 5 N–H and O–H groups in total. The molecule has 0 bridgehead atoms. The molecule has 2 aromatic rings. The minimum atomic E-state index is -0.676. The molecule has 1 amide bonds. The molecule has 0 fully saturated rings. The van der Waals surface area contributed by atoms with Crippen LogP contribution in [0.4, 0.5) is 17.3 Å². The van der Waals surface area contributed by atoms with Crippen molar-refractivity contribution in [3.05, 3.63) is 47.2 Å². The number of hydrogen-bond acceptors (Lipinski definition) is 7. The Kier molecular flexibility index (Phi) is 6.70. The second-order valence-electron chi connectivity index (χ2n) is 7.14. The van der Waals surface area contributed by atoms with E-state index in [9.17, 15) is 24.0 Å². The molecule has 0 saturated carbocycles.